The van der Waals surface area contributed by atoms with Gasteiger partial charge in [-0.05, 0) is 71.7 Å². The van der Waals surface area contributed by atoms with Gasteiger partial charge in [-0.15, -0.1) is 0 Å². The minimum Gasteiger partial charge on any atom is -0.507 e. The fourth-order valence-electron chi connectivity index (χ4n) is 4.67. The van der Waals surface area contributed by atoms with E-state index < -0.39 is 0 Å². The molecule has 0 aliphatic carbocycles. The molecule has 0 bridgehead atoms. The third kappa shape index (κ3) is 5.06. The molecule has 1 aliphatic rings. The number of hydrogen-bond donors (Lipinski definition) is 5. The van der Waals surface area contributed by atoms with Gasteiger partial charge in [0.05, 0.1) is 11.8 Å². The van der Waals surface area contributed by atoms with Crippen LogP contribution in [0, 0.1) is 12.3 Å². The fraction of sp³-hybridized carbons (Fsp3) is 0.545. The Labute approximate surface area is 183 Å². The molecule has 1 aromatic heterocycles. The van der Waals surface area contributed by atoms with Gasteiger partial charge in [0, 0.05) is 28.9 Å². The van der Waals surface area contributed by atoms with Crippen LogP contribution in [-0.2, 0) is 0 Å². The molecule has 3 rings (SSSR count). The molecule has 0 amide bonds. The normalized spacial score (nSPS) is 19.7. The van der Waals surface area contributed by atoms with E-state index in [4.69, 9.17) is 11.1 Å². The van der Waals surface area contributed by atoms with Crippen LogP contribution in [-0.4, -0.2) is 54.9 Å². The van der Waals surface area contributed by atoms with Crippen molar-refractivity contribution in [2.75, 3.05) is 7.05 Å². The van der Waals surface area contributed by atoms with Crippen molar-refractivity contribution >= 4 is 16.8 Å². The lowest BCUT2D eigenvalue weighted by molar-refractivity contribution is 0.0770. The summed E-state index contributed by atoms with van der Waals surface area (Å²) in [6, 6.07) is 3.95. The van der Waals surface area contributed by atoms with Gasteiger partial charge in [-0.25, -0.2) is 0 Å². The molecule has 0 saturated carbocycles. The summed E-state index contributed by atoms with van der Waals surface area (Å²) in [7, 11) is 2.03. The van der Waals surface area contributed by atoms with Crippen LogP contribution >= 0.6 is 11.8 Å². The zero-order valence-corrected chi connectivity index (χ0v) is 19.5. The first-order valence-corrected chi connectivity index (χ1v) is 11.1. The number of H-pyrrole nitrogens is 1. The summed E-state index contributed by atoms with van der Waals surface area (Å²) in [6.07, 6.45) is 5.46. The van der Waals surface area contributed by atoms with E-state index in [9.17, 15) is 5.11 Å². The number of aromatic hydroxyl groups is 1. The molecule has 2 aromatic rings. The van der Waals surface area contributed by atoms with Crippen molar-refractivity contribution in [3.63, 3.8) is 0 Å². The number of aromatic amines is 1. The second-order valence-electron chi connectivity index (χ2n) is 9.63. The smallest absolute Gasteiger partial charge is 0.126 e. The molecular weight excluding hydrogens is 396 g/mol. The van der Waals surface area contributed by atoms with Crippen LogP contribution < -0.4 is 11.1 Å². The van der Waals surface area contributed by atoms with Crippen LogP contribution in [0.15, 0.2) is 24.5 Å². The highest BCUT2D eigenvalue weighted by Crippen LogP contribution is 2.35. The third-order valence-corrected chi connectivity index (χ3v) is 6.77. The zero-order chi connectivity index (χ0) is 22.3. The Hall–Kier alpha value is -1.87. The minimum absolute atomic E-state index is 0.0242. The van der Waals surface area contributed by atoms with E-state index in [1.807, 2.05) is 20.0 Å². The number of piperidine rings is 1. The number of phenols is 1. The molecule has 30 heavy (non-hydrogen) atoms. The number of thioether (sulfide) groups is 1. The van der Waals surface area contributed by atoms with Crippen molar-refractivity contribution in [2.24, 2.45) is 5.73 Å². The lowest BCUT2D eigenvalue weighted by atomic mass is 9.79. The Balaban J connectivity index is 1.74. The molecule has 6 N–H and O–H groups in total. The first-order valence-electron chi connectivity index (χ1n) is 10.2. The summed E-state index contributed by atoms with van der Waals surface area (Å²) >= 11 is 1.27. The summed E-state index contributed by atoms with van der Waals surface area (Å²) in [6.45, 7) is 10.8. The van der Waals surface area contributed by atoms with Crippen molar-refractivity contribution < 1.29 is 5.11 Å². The van der Waals surface area contributed by atoms with Crippen molar-refractivity contribution in [3.8, 4) is 16.9 Å². The number of aromatic nitrogens is 2. The molecule has 1 atom stereocenters. The van der Waals surface area contributed by atoms with Crippen molar-refractivity contribution in [3.05, 3.63) is 35.7 Å². The Morgan fingerprint density at radius 3 is 2.43 bits per heavy atom. The number of rotatable bonds is 5. The van der Waals surface area contributed by atoms with E-state index >= 15 is 0 Å². The number of aryl methyl sites for hydroxylation is 1. The Kier molecular flexibility index (Phi) is 6.34. The van der Waals surface area contributed by atoms with Crippen LogP contribution in [0.4, 0.5) is 0 Å². The Bertz CT molecular complexity index is 869. The maximum absolute atomic E-state index is 10.6. The third-order valence-electron chi connectivity index (χ3n) is 5.76. The second kappa shape index (κ2) is 8.34. The molecule has 1 aliphatic heterocycles. The highest BCUT2D eigenvalue weighted by molar-refractivity contribution is 8.14. The van der Waals surface area contributed by atoms with Gasteiger partial charge < -0.3 is 16.2 Å². The maximum atomic E-state index is 10.6. The van der Waals surface area contributed by atoms with E-state index in [-0.39, 0.29) is 27.4 Å². The van der Waals surface area contributed by atoms with Gasteiger partial charge in [0.25, 0.3) is 0 Å². The van der Waals surface area contributed by atoms with Crippen molar-refractivity contribution in [1.82, 2.24) is 20.4 Å². The number of nitrogens with two attached hydrogens (primary N) is 1. The molecular formula is C22H34N6OS. The quantitative estimate of drug-likeness (QED) is 0.281. The number of benzene rings is 1. The van der Waals surface area contributed by atoms with Crippen LogP contribution in [0.1, 0.15) is 51.7 Å². The van der Waals surface area contributed by atoms with E-state index in [0.29, 0.717) is 11.6 Å². The monoisotopic (exact) mass is 430 g/mol. The average Bonchev–Trinajstić information content (AvgIpc) is 3.12. The molecule has 8 heteroatoms. The number of nitrogens with zero attached hydrogens (tertiary/aromatic N) is 2. The van der Waals surface area contributed by atoms with Gasteiger partial charge in [0.15, 0.2) is 0 Å². The minimum atomic E-state index is -0.375. The Morgan fingerprint density at radius 1 is 1.27 bits per heavy atom. The second-order valence-corrected chi connectivity index (χ2v) is 10.8. The van der Waals surface area contributed by atoms with Crippen LogP contribution in [0.25, 0.3) is 11.1 Å². The Morgan fingerprint density at radius 2 is 1.90 bits per heavy atom. The van der Waals surface area contributed by atoms with Crippen LogP contribution in [0.3, 0.4) is 0 Å². The van der Waals surface area contributed by atoms with Gasteiger partial charge in [-0.3, -0.25) is 15.4 Å². The molecule has 1 aromatic carbocycles. The molecule has 7 nitrogen and oxygen atoms in total. The van der Waals surface area contributed by atoms with Gasteiger partial charge in [-0.1, -0.05) is 17.8 Å². The van der Waals surface area contributed by atoms with Gasteiger partial charge in [0.1, 0.15) is 16.3 Å². The summed E-state index contributed by atoms with van der Waals surface area (Å²) in [5.41, 5.74) is 9.30. The number of nitrogens with one attached hydrogen (secondary N) is 3. The summed E-state index contributed by atoms with van der Waals surface area (Å²) < 4.78 is 0. The topological polar surface area (TPSA) is 114 Å². The number of hydrogen-bond acceptors (Lipinski definition) is 7. The lowest BCUT2D eigenvalue weighted by Gasteiger charge is -2.49. The molecule has 0 spiro atoms. The summed E-state index contributed by atoms with van der Waals surface area (Å²) in [5, 5.41) is 30.0. The van der Waals surface area contributed by atoms with E-state index in [2.05, 4.69) is 48.1 Å². The SMILES string of the molecule is Cc1cc(-c2cn[nH]c2)cc(O)c1C(=N)SC(N)N(C)C1CC(C)(C)NC(C)(C)C1. The van der Waals surface area contributed by atoms with Gasteiger partial charge in [-0.2, -0.15) is 5.10 Å². The number of phenolic OH excluding ortho intramolecular Hbond substituents is 1. The first kappa shape index (κ1) is 22.8. The maximum Gasteiger partial charge on any atom is 0.126 e. The van der Waals surface area contributed by atoms with E-state index in [1.165, 1.54) is 11.8 Å². The predicted octanol–water partition coefficient (Wildman–Crippen LogP) is 3.63. The zero-order valence-electron chi connectivity index (χ0n) is 18.7. The molecule has 1 fully saturated rings. The first-order chi connectivity index (χ1) is 13.9. The molecule has 164 valence electrons. The van der Waals surface area contributed by atoms with Crippen LogP contribution in [0.5, 0.6) is 5.75 Å². The van der Waals surface area contributed by atoms with Crippen LogP contribution in [0.2, 0.25) is 0 Å². The highest BCUT2D eigenvalue weighted by atomic mass is 32.2. The fourth-order valence-corrected chi connectivity index (χ4v) is 5.63. The van der Waals surface area contributed by atoms with Gasteiger partial charge >= 0.3 is 0 Å². The lowest BCUT2D eigenvalue weighted by Crippen LogP contribution is -2.63. The standard InChI is InChI=1S/C22H34N6OS/c1-13-7-14(15-11-25-26-12-15)8-17(29)18(13)19(23)30-20(24)28(6)16-9-21(2,3)27-22(4,5)10-16/h7-8,11-12,16,20,23,27,29H,9-10,24H2,1-6H3,(H,25,26). The summed E-state index contributed by atoms with van der Waals surface area (Å²) in [5.74, 6) is 0.0858. The molecule has 1 unspecified atom stereocenters. The predicted molar refractivity (Wildman–Crippen MR) is 125 cm³/mol. The molecule has 1 saturated heterocycles. The highest BCUT2D eigenvalue weighted by Gasteiger charge is 2.40. The largest absolute Gasteiger partial charge is 0.507 e. The summed E-state index contributed by atoms with van der Waals surface area (Å²) in [4.78, 5) is 2.16. The molecule has 2 heterocycles. The van der Waals surface area contributed by atoms with Crippen molar-refractivity contribution in [2.45, 2.75) is 70.1 Å². The molecule has 0 radical (unpaired) electrons. The van der Waals surface area contributed by atoms with E-state index in [0.717, 1.165) is 29.5 Å². The van der Waals surface area contributed by atoms with E-state index in [1.54, 1.807) is 18.5 Å². The average molecular weight is 431 g/mol. The van der Waals surface area contributed by atoms with Gasteiger partial charge in [0.2, 0.25) is 0 Å². The van der Waals surface area contributed by atoms with Crippen molar-refractivity contribution in [1.29, 1.82) is 5.41 Å².